The van der Waals surface area contributed by atoms with Gasteiger partial charge in [-0.25, -0.2) is 4.98 Å². The van der Waals surface area contributed by atoms with Crippen molar-refractivity contribution in [2.24, 2.45) is 5.92 Å². The number of halogens is 1. The van der Waals surface area contributed by atoms with E-state index >= 15 is 0 Å². The summed E-state index contributed by atoms with van der Waals surface area (Å²) < 4.78 is 1.64. The first kappa shape index (κ1) is 14.9. The summed E-state index contributed by atoms with van der Waals surface area (Å²) in [4.78, 5) is 17.0. The molecule has 2 aromatic rings. The molecule has 0 saturated carbocycles. The van der Waals surface area contributed by atoms with Crippen molar-refractivity contribution in [3.63, 3.8) is 0 Å². The molecule has 0 aliphatic rings. The minimum atomic E-state index is -0.0826. The topological polar surface area (TPSA) is 58.7 Å². The number of aromatic nitrogens is 2. The van der Waals surface area contributed by atoms with Gasteiger partial charge in [0.05, 0.1) is 22.7 Å². The molecule has 1 aromatic carbocycles. The van der Waals surface area contributed by atoms with Crippen LogP contribution in [0, 0.1) is 17.2 Å². The van der Waals surface area contributed by atoms with E-state index in [4.69, 9.17) is 16.9 Å². The van der Waals surface area contributed by atoms with E-state index in [0.29, 0.717) is 33.5 Å². The van der Waals surface area contributed by atoms with Gasteiger partial charge in [-0.3, -0.25) is 9.36 Å². The zero-order chi connectivity index (χ0) is 14.7. The third-order valence-corrected chi connectivity index (χ3v) is 3.77. The lowest BCUT2D eigenvalue weighted by atomic mass is 10.2. The molecule has 0 aliphatic carbocycles. The molecule has 0 bridgehead atoms. The Balaban J connectivity index is 2.66. The smallest absolute Gasteiger partial charge is 0.262 e. The van der Waals surface area contributed by atoms with E-state index in [1.54, 1.807) is 22.8 Å². The first-order chi connectivity index (χ1) is 9.52. The van der Waals surface area contributed by atoms with Crippen LogP contribution in [-0.2, 0) is 6.54 Å². The number of nitrogens with zero attached hydrogens (tertiary/aromatic N) is 3. The second kappa shape index (κ2) is 6.29. The summed E-state index contributed by atoms with van der Waals surface area (Å²) in [5, 5.41) is 10.4. The van der Waals surface area contributed by atoms with Crippen LogP contribution >= 0.6 is 23.4 Å². The van der Waals surface area contributed by atoms with E-state index in [1.807, 2.05) is 13.8 Å². The van der Waals surface area contributed by atoms with Crippen LogP contribution in [0.15, 0.2) is 28.2 Å². The van der Waals surface area contributed by atoms with Crippen molar-refractivity contribution < 1.29 is 0 Å². The molecular formula is C14H14ClN3OS. The number of hydrogen-bond donors (Lipinski definition) is 0. The molecule has 4 nitrogen and oxygen atoms in total. The maximum absolute atomic E-state index is 12.5. The van der Waals surface area contributed by atoms with Crippen molar-refractivity contribution >= 4 is 34.3 Å². The molecule has 0 fully saturated rings. The van der Waals surface area contributed by atoms with Crippen LogP contribution in [0.2, 0.25) is 5.02 Å². The van der Waals surface area contributed by atoms with Gasteiger partial charge in [-0.05, 0) is 24.1 Å². The number of rotatable bonds is 4. The maximum Gasteiger partial charge on any atom is 0.262 e. The molecule has 0 spiro atoms. The molecular weight excluding hydrogens is 294 g/mol. The largest absolute Gasteiger partial charge is 0.287 e. The van der Waals surface area contributed by atoms with Gasteiger partial charge >= 0.3 is 0 Å². The quantitative estimate of drug-likeness (QED) is 0.642. The second-order valence-corrected chi connectivity index (χ2v) is 6.19. The summed E-state index contributed by atoms with van der Waals surface area (Å²) >= 11 is 7.22. The first-order valence-electron chi connectivity index (χ1n) is 6.22. The monoisotopic (exact) mass is 307 g/mol. The minimum absolute atomic E-state index is 0.0826. The van der Waals surface area contributed by atoms with E-state index in [1.165, 1.54) is 11.8 Å². The normalized spacial score (nSPS) is 10.9. The summed E-state index contributed by atoms with van der Waals surface area (Å²) in [6.45, 7) is 4.66. The van der Waals surface area contributed by atoms with Gasteiger partial charge in [0.1, 0.15) is 0 Å². The summed E-state index contributed by atoms with van der Waals surface area (Å²) in [7, 11) is 0. The fraction of sp³-hybridized carbons (Fsp3) is 0.357. The highest BCUT2D eigenvalue weighted by molar-refractivity contribution is 7.99. The Hall–Kier alpha value is -1.51. The van der Waals surface area contributed by atoms with Crippen molar-refractivity contribution in [3.8, 4) is 6.07 Å². The van der Waals surface area contributed by atoms with Crippen LogP contribution in [-0.4, -0.2) is 15.3 Å². The van der Waals surface area contributed by atoms with Gasteiger partial charge in [0.2, 0.25) is 0 Å². The Morgan fingerprint density at radius 2 is 2.25 bits per heavy atom. The Morgan fingerprint density at radius 1 is 1.50 bits per heavy atom. The molecule has 0 amide bonds. The zero-order valence-corrected chi connectivity index (χ0v) is 12.8. The van der Waals surface area contributed by atoms with Gasteiger partial charge < -0.3 is 0 Å². The lowest BCUT2D eigenvalue weighted by Crippen LogP contribution is -2.25. The van der Waals surface area contributed by atoms with Crippen molar-refractivity contribution in [2.75, 3.05) is 5.75 Å². The molecule has 0 aliphatic heterocycles. The van der Waals surface area contributed by atoms with E-state index in [0.717, 1.165) is 0 Å². The van der Waals surface area contributed by atoms with E-state index in [2.05, 4.69) is 11.1 Å². The number of fused-ring (bicyclic) bond motifs is 1. The van der Waals surface area contributed by atoms with Crippen molar-refractivity contribution in [2.45, 2.75) is 25.5 Å². The molecule has 0 radical (unpaired) electrons. The summed E-state index contributed by atoms with van der Waals surface area (Å²) in [5.74, 6) is 0.581. The Kier molecular flexibility index (Phi) is 4.69. The first-order valence-corrected chi connectivity index (χ1v) is 7.59. The van der Waals surface area contributed by atoms with Crippen molar-refractivity contribution in [1.82, 2.24) is 9.55 Å². The standard InChI is InChI=1S/C14H14ClN3OS/c1-9(2)8-18-13(19)11-4-3-10(15)7-12(11)17-14(18)20-6-5-16/h3-4,7,9H,6,8H2,1-2H3. The van der Waals surface area contributed by atoms with Gasteiger partial charge in [0.15, 0.2) is 5.16 Å². The fourth-order valence-electron chi connectivity index (χ4n) is 1.91. The fourth-order valence-corrected chi connectivity index (χ4v) is 2.74. The van der Waals surface area contributed by atoms with Crippen LogP contribution in [0.5, 0.6) is 0 Å². The van der Waals surface area contributed by atoms with Gasteiger partial charge in [-0.1, -0.05) is 37.2 Å². The Labute approximate surface area is 126 Å². The molecule has 1 aromatic heterocycles. The third kappa shape index (κ3) is 3.14. The molecule has 2 rings (SSSR count). The predicted octanol–water partition coefficient (Wildman–Crippen LogP) is 3.32. The maximum atomic E-state index is 12.5. The van der Waals surface area contributed by atoms with Gasteiger partial charge in [0, 0.05) is 11.6 Å². The molecule has 0 saturated heterocycles. The van der Waals surface area contributed by atoms with Gasteiger partial charge in [0.25, 0.3) is 5.56 Å². The molecule has 0 N–H and O–H groups in total. The SMILES string of the molecule is CC(C)Cn1c(SCC#N)nc2cc(Cl)ccc2c1=O. The molecule has 0 atom stereocenters. The van der Waals surface area contributed by atoms with Gasteiger partial charge in [-0.15, -0.1) is 0 Å². The van der Waals surface area contributed by atoms with Crippen LogP contribution in [0.4, 0.5) is 0 Å². The molecule has 104 valence electrons. The van der Waals surface area contributed by atoms with Gasteiger partial charge in [-0.2, -0.15) is 5.26 Å². The highest BCUT2D eigenvalue weighted by atomic mass is 35.5. The second-order valence-electron chi connectivity index (χ2n) is 4.81. The van der Waals surface area contributed by atoms with Crippen molar-refractivity contribution in [1.29, 1.82) is 5.26 Å². The Morgan fingerprint density at radius 3 is 2.90 bits per heavy atom. The highest BCUT2D eigenvalue weighted by Crippen LogP contribution is 2.20. The number of benzene rings is 1. The van der Waals surface area contributed by atoms with Crippen molar-refractivity contribution in [3.05, 3.63) is 33.6 Å². The highest BCUT2D eigenvalue weighted by Gasteiger charge is 2.12. The molecule has 20 heavy (non-hydrogen) atoms. The van der Waals surface area contributed by atoms with Crippen LogP contribution < -0.4 is 5.56 Å². The summed E-state index contributed by atoms with van der Waals surface area (Å²) in [5.41, 5.74) is 0.490. The van der Waals surface area contributed by atoms with Crippen LogP contribution in [0.3, 0.4) is 0 Å². The third-order valence-electron chi connectivity index (χ3n) is 2.70. The molecule has 0 unspecified atom stereocenters. The molecule has 6 heteroatoms. The average Bonchev–Trinajstić information content (AvgIpc) is 2.39. The van der Waals surface area contributed by atoms with E-state index in [9.17, 15) is 4.79 Å². The van der Waals surface area contributed by atoms with E-state index < -0.39 is 0 Å². The van der Waals surface area contributed by atoms with E-state index in [-0.39, 0.29) is 11.3 Å². The Bertz CT molecular complexity index is 734. The number of nitriles is 1. The number of hydrogen-bond acceptors (Lipinski definition) is 4. The lowest BCUT2D eigenvalue weighted by molar-refractivity contribution is 0.475. The average molecular weight is 308 g/mol. The summed E-state index contributed by atoms with van der Waals surface area (Å²) in [6.07, 6.45) is 0. The minimum Gasteiger partial charge on any atom is -0.287 e. The van der Waals surface area contributed by atoms with Crippen LogP contribution in [0.1, 0.15) is 13.8 Å². The predicted molar refractivity (Wildman–Crippen MR) is 82.2 cm³/mol. The molecule has 1 heterocycles. The summed E-state index contributed by atoms with van der Waals surface area (Å²) in [6, 6.07) is 7.12. The number of thioether (sulfide) groups is 1. The zero-order valence-electron chi connectivity index (χ0n) is 11.3. The van der Waals surface area contributed by atoms with Crippen LogP contribution in [0.25, 0.3) is 10.9 Å². The lowest BCUT2D eigenvalue weighted by Gasteiger charge is -2.14.